The summed E-state index contributed by atoms with van der Waals surface area (Å²) in [6, 6.07) is 18.3. The second kappa shape index (κ2) is 9.87. The first-order chi connectivity index (χ1) is 13.6. The van der Waals surface area contributed by atoms with Gasteiger partial charge >= 0.3 is 0 Å². The van der Waals surface area contributed by atoms with E-state index in [0.29, 0.717) is 6.54 Å². The van der Waals surface area contributed by atoms with E-state index in [-0.39, 0.29) is 18.0 Å². The third-order valence-electron chi connectivity index (χ3n) is 5.17. The molecule has 4 nitrogen and oxygen atoms in total. The first-order valence-corrected chi connectivity index (χ1v) is 10.1. The van der Waals surface area contributed by atoms with Crippen molar-refractivity contribution in [1.29, 1.82) is 0 Å². The van der Waals surface area contributed by atoms with E-state index in [1.54, 1.807) is 7.05 Å². The van der Waals surface area contributed by atoms with Crippen molar-refractivity contribution >= 4 is 23.6 Å². The average Bonchev–Trinajstić information content (AvgIpc) is 3.11. The standard InChI is InChI=1S/C23H28ClN3O/c1-17(12-18-8-4-3-5-9-18)14-26-20-13-22(23(28)25-2)27(16-20)15-19-10-6-7-11-21(19)24/h3-12,20,22,26H,13-16H2,1-2H3,(H,25,28)/t20-,22-/m0/s1. The normalized spacial score (nSPS) is 20.3. The molecule has 5 heteroatoms. The van der Waals surface area contributed by atoms with Crippen LogP contribution in [-0.4, -0.2) is 43.0 Å². The molecule has 28 heavy (non-hydrogen) atoms. The number of likely N-dealkylation sites (tertiary alicyclic amines) is 1. The van der Waals surface area contributed by atoms with Crippen LogP contribution >= 0.6 is 11.6 Å². The molecule has 0 aliphatic carbocycles. The number of benzene rings is 2. The highest BCUT2D eigenvalue weighted by atomic mass is 35.5. The number of halogens is 1. The Morgan fingerprint density at radius 3 is 2.61 bits per heavy atom. The summed E-state index contributed by atoms with van der Waals surface area (Å²) in [5.74, 6) is 0.0629. The van der Waals surface area contributed by atoms with Gasteiger partial charge in [-0.15, -0.1) is 0 Å². The van der Waals surface area contributed by atoms with Gasteiger partial charge in [-0.25, -0.2) is 0 Å². The van der Waals surface area contributed by atoms with Crippen LogP contribution in [0, 0.1) is 0 Å². The Kier molecular flexibility index (Phi) is 7.26. The predicted octanol–water partition coefficient (Wildman–Crippen LogP) is 3.72. The lowest BCUT2D eigenvalue weighted by Crippen LogP contribution is -2.41. The van der Waals surface area contributed by atoms with Gasteiger partial charge < -0.3 is 10.6 Å². The summed E-state index contributed by atoms with van der Waals surface area (Å²) >= 11 is 6.33. The molecule has 0 aromatic heterocycles. The quantitative estimate of drug-likeness (QED) is 0.748. The number of hydrogen-bond acceptors (Lipinski definition) is 3. The van der Waals surface area contributed by atoms with E-state index in [4.69, 9.17) is 11.6 Å². The van der Waals surface area contributed by atoms with Crippen LogP contribution in [0.15, 0.2) is 60.2 Å². The molecule has 0 bridgehead atoms. The minimum Gasteiger partial charge on any atom is -0.358 e. The molecule has 1 aliphatic heterocycles. The average molecular weight is 398 g/mol. The molecule has 1 amide bonds. The van der Waals surface area contributed by atoms with Crippen molar-refractivity contribution in [2.75, 3.05) is 20.1 Å². The summed E-state index contributed by atoms with van der Waals surface area (Å²) in [4.78, 5) is 14.6. The Morgan fingerprint density at radius 1 is 1.18 bits per heavy atom. The van der Waals surface area contributed by atoms with Gasteiger partial charge in [0.2, 0.25) is 5.91 Å². The van der Waals surface area contributed by atoms with E-state index in [1.807, 2.05) is 42.5 Å². The van der Waals surface area contributed by atoms with Crippen molar-refractivity contribution in [3.8, 4) is 0 Å². The highest BCUT2D eigenvalue weighted by Crippen LogP contribution is 2.24. The largest absolute Gasteiger partial charge is 0.358 e. The highest BCUT2D eigenvalue weighted by Gasteiger charge is 2.36. The zero-order chi connectivity index (χ0) is 19.9. The Hall–Kier alpha value is -2.14. The van der Waals surface area contributed by atoms with E-state index in [2.05, 4.69) is 40.7 Å². The fraction of sp³-hybridized carbons (Fsp3) is 0.348. The molecule has 1 aliphatic rings. The molecule has 2 atom stereocenters. The monoisotopic (exact) mass is 397 g/mol. The van der Waals surface area contributed by atoms with Crippen LogP contribution in [0.5, 0.6) is 0 Å². The molecule has 1 saturated heterocycles. The van der Waals surface area contributed by atoms with E-state index >= 15 is 0 Å². The van der Waals surface area contributed by atoms with Crippen LogP contribution in [0.2, 0.25) is 5.02 Å². The van der Waals surface area contributed by atoms with E-state index in [9.17, 15) is 4.79 Å². The van der Waals surface area contributed by atoms with Crippen molar-refractivity contribution < 1.29 is 4.79 Å². The molecule has 2 N–H and O–H groups in total. The van der Waals surface area contributed by atoms with E-state index in [1.165, 1.54) is 11.1 Å². The summed E-state index contributed by atoms with van der Waals surface area (Å²) < 4.78 is 0. The van der Waals surface area contributed by atoms with Gasteiger partial charge in [-0.2, -0.15) is 0 Å². The highest BCUT2D eigenvalue weighted by molar-refractivity contribution is 6.31. The molecule has 148 valence electrons. The molecule has 2 aromatic carbocycles. The first kappa shape index (κ1) is 20.6. The predicted molar refractivity (Wildman–Crippen MR) is 116 cm³/mol. The van der Waals surface area contributed by atoms with Crippen LogP contribution in [0.1, 0.15) is 24.5 Å². The summed E-state index contributed by atoms with van der Waals surface area (Å²) in [6.07, 6.45) is 2.99. The zero-order valence-corrected chi connectivity index (χ0v) is 17.2. The third-order valence-corrected chi connectivity index (χ3v) is 5.53. The van der Waals surface area contributed by atoms with Crippen LogP contribution in [0.25, 0.3) is 6.08 Å². The van der Waals surface area contributed by atoms with Gasteiger partial charge in [0, 0.05) is 37.7 Å². The number of likely N-dealkylation sites (N-methyl/N-ethyl adjacent to an activating group) is 1. The number of rotatable bonds is 7. The molecular weight excluding hydrogens is 370 g/mol. The van der Waals surface area contributed by atoms with Gasteiger partial charge in [0.15, 0.2) is 0 Å². The van der Waals surface area contributed by atoms with Gasteiger partial charge in [-0.05, 0) is 30.5 Å². The fourth-order valence-electron chi connectivity index (χ4n) is 3.70. The van der Waals surface area contributed by atoms with E-state index < -0.39 is 0 Å². The Labute approximate surface area is 172 Å². The number of amides is 1. The minimum atomic E-state index is -0.141. The summed E-state index contributed by atoms with van der Waals surface area (Å²) in [5.41, 5.74) is 3.53. The summed E-state index contributed by atoms with van der Waals surface area (Å²) in [6.45, 7) is 4.43. The van der Waals surface area contributed by atoms with Crippen molar-refractivity contribution in [3.05, 3.63) is 76.3 Å². The number of hydrogen-bond donors (Lipinski definition) is 2. The van der Waals surface area contributed by atoms with Gasteiger partial charge in [0.05, 0.1) is 6.04 Å². The van der Waals surface area contributed by atoms with Crippen molar-refractivity contribution in [2.24, 2.45) is 0 Å². The molecule has 2 aromatic rings. The van der Waals surface area contributed by atoms with Gasteiger partial charge in [0.25, 0.3) is 0 Å². The van der Waals surface area contributed by atoms with Gasteiger partial charge in [0.1, 0.15) is 0 Å². The van der Waals surface area contributed by atoms with Crippen molar-refractivity contribution in [3.63, 3.8) is 0 Å². The van der Waals surface area contributed by atoms with Crippen molar-refractivity contribution in [1.82, 2.24) is 15.5 Å². The second-order valence-electron chi connectivity index (χ2n) is 7.37. The van der Waals surface area contributed by atoms with Crippen LogP contribution in [-0.2, 0) is 11.3 Å². The Bertz CT molecular complexity index is 822. The second-order valence-corrected chi connectivity index (χ2v) is 7.77. The maximum atomic E-state index is 12.4. The van der Waals surface area contributed by atoms with Crippen LogP contribution < -0.4 is 10.6 Å². The third kappa shape index (κ3) is 5.44. The Balaban J connectivity index is 1.62. The lowest BCUT2D eigenvalue weighted by molar-refractivity contribution is -0.125. The smallest absolute Gasteiger partial charge is 0.237 e. The molecule has 0 radical (unpaired) electrons. The number of nitrogens with zero attached hydrogens (tertiary/aromatic N) is 1. The molecule has 1 fully saturated rings. The van der Waals surface area contributed by atoms with Gasteiger partial charge in [-0.1, -0.05) is 71.8 Å². The first-order valence-electron chi connectivity index (χ1n) is 9.71. The molecule has 1 heterocycles. The lowest BCUT2D eigenvalue weighted by Gasteiger charge is -2.23. The summed E-state index contributed by atoms with van der Waals surface area (Å²) in [7, 11) is 1.70. The molecule has 3 rings (SSSR count). The lowest BCUT2D eigenvalue weighted by atomic mass is 10.1. The maximum Gasteiger partial charge on any atom is 0.237 e. The number of nitrogens with one attached hydrogen (secondary N) is 2. The molecule has 0 saturated carbocycles. The topological polar surface area (TPSA) is 44.4 Å². The van der Waals surface area contributed by atoms with Gasteiger partial charge in [-0.3, -0.25) is 9.69 Å². The molecule has 0 spiro atoms. The molecule has 0 unspecified atom stereocenters. The SMILES string of the molecule is CNC(=O)[C@@H]1C[C@H](NCC(C)=Cc2ccccc2)CN1Cc1ccccc1Cl. The maximum absolute atomic E-state index is 12.4. The van der Waals surface area contributed by atoms with Crippen LogP contribution in [0.3, 0.4) is 0 Å². The fourth-order valence-corrected chi connectivity index (χ4v) is 3.90. The zero-order valence-electron chi connectivity index (χ0n) is 16.5. The van der Waals surface area contributed by atoms with Crippen molar-refractivity contribution in [2.45, 2.75) is 32.0 Å². The minimum absolute atomic E-state index is 0.0629. The van der Waals surface area contributed by atoms with Crippen LogP contribution in [0.4, 0.5) is 0 Å². The summed E-state index contributed by atoms with van der Waals surface area (Å²) in [5, 5.41) is 7.17. The van der Waals surface area contributed by atoms with E-state index in [0.717, 1.165) is 30.1 Å². The Morgan fingerprint density at radius 2 is 1.89 bits per heavy atom. The molecular formula is C23H28ClN3O. The number of carbonyl (C=O) groups excluding carboxylic acids is 1. The number of carbonyl (C=O) groups is 1.